The van der Waals surface area contributed by atoms with Gasteiger partial charge in [-0.25, -0.2) is 9.18 Å². The van der Waals surface area contributed by atoms with E-state index in [0.29, 0.717) is 16.5 Å². The lowest BCUT2D eigenvalue weighted by atomic mass is 9.94. The number of carboxylic acid groups (broad SMARTS) is 1. The molecule has 0 aliphatic heterocycles. The molecule has 3 rings (SSSR count). The fourth-order valence-corrected chi connectivity index (χ4v) is 2.48. The maximum absolute atomic E-state index is 13.3. The first kappa shape index (κ1) is 13.8. The van der Waals surface area contributed by atoms with Gasteiger partial charge in [-0.05, 0) is 40.6 Å². The van der Waals surface area contributed by atoms with E-state index in [0.717, 1.165) is 5.39 Å². The Balaban J connectivity index is 2.34. The maximum atomic E-state index is 13.3. The fourth-order valence-electron chi connectivity index (χ4n) is 2.48. The van der Waals surface area contributed by atoms with Crippen molar-refractivity contribution in [2.45, 2.75) is 0 Å². The number of nitrogens with zero attached hydrogens (tertiary/aromatic N) is 1. The summed E-state index contributed by atoms with van der Waals surface area (Å²) in [6.07, 6.45) is 0. The van der Waals surface area contributed by atoms with Gasteiger partial charge >= 0.3 is 5.97 Å². The Morgan fingerprint density at radius 1 is 1.05 bits per heavy atom. The molecule has 3 aromatic rings. The highest BCUT2D eigenvalue weighted by Gasteiger charge is 2.11. The van der Waals surface area contributed by atoms with Crippen molar-refractivity contribution in [1.29, 1.82) is 5.26 Å². The van der Waals surface area contributed by atoms with E-state index in [1.807, 2.05) is 18.2 Å². The summed E-state index contributed by atoms with van der Waals surface area (Å²) >= 11 is 0. The zero-order valence-corrected chi connectivity index (χ0v) is 11.4. The Bertz CT molecular complexity index is 941. The largest absolute Gasteiger partial charge is 0.478 e. The van der Waals surface area contributed by atoms with Crippen LogP contribution in [0.15, 0.2) is 54.6 Å². The van der Waals surface area contributed by atoms with Crippen LogP contribution >= 0.6 is 0 Å². The van der Waals surface area contributed by atoms with Gasteiger partial charge in [-0.3, -0.25) is 0 Å². The minimum atomic E-state index is -1.02. The van der Waals surface area contributed by atoms with Gasteiger partial charge in [-0.15, -0.1) is 0 Å². The quantitative estimate of drug-likeness (QED) is 0.769. The molecule has 0 fully saturated rings. The molecule has 3 nitrogen and oxygen atoms in total. The number of rotatable bonds is 2. The zero-order chi connectivity index (χ0) is 15.7. The monoisotopic (exact) mass is 291 g/mol. The lowest BCUT2D eigenvalue weighted by Crippen LogP contribution is -1.96. The second-order valence-electron chi connectivity index (χ2n) is 4.85. The van der Waals surface area contributed by atoms with Gasteiger partial charge < -0.3 is 5.11 Å². The average Bonchev–Trinajstić information content (AvgIpc) is 2.53. The van der Waals surface area contributed by atoms with Crippen LogP contribution < -0.4 is 0 Å². The zero-order valence-electron chi connectivity index (χ0n) is 11.4. The summed E-state index contributed by atoms with van der Waals surface area (Å²) in [6, 6.07) is 16.3. The van der Waals surface area contributed by atoms with Crippen LogP contribution in [0, 0.1) is 17.1 Å². The third-order valence-electron chi connectivity index (χ3n) is 3.52. The van der Waals surface area contributed by atoms with Crippen LogP contribution in [-0.4, -0.2) is 11.1 Å². The summed E-state index contributed by atoms with van der Waals surface area (Å²) in [6.45, 7) is 0. The van der Waals surface area contributed by atoms with Crippen LogP contribution in [0.1, 0.15) is 15.9 Å². The lowest BCUT2D eigenvalue weighted by Gasteiger charge is -2.09. The minimum absolute atomic E-state index is 0.167. The molecule has 0 heterocycles. The number of fused-ring (bicyclic) bond motifs is 1. The van der Waals surface area contributed by atoms with Gasteiger partial charge in [-0.2, -0.15) is 5.26 Å². The van der Waals surface area contributed by atoms with Crippen molar-refractivity contribution in [2.24, 2.45) is 0 Å². The molecule has 0 saturated heterocycles. The number of halogens is 1. The van der Waals surface area contributed by atoms with Crippen molar-refractivity contribution < 1.29 is 14.3 Å². The topological polar surface area (TPSA) is 61.1 Å². The van der Waals surface area contributed by atoms with Crippen molar-refractivity contribution in [2.75, 3.05) is 0 Å². The molecule has 0 saturated carbocycles. The molecule has 0 spiro atoms. The van der Waals surface area contributed by atoms with Crippen molar-refractivity contribution in [3.8, 4) is 17.2 Å². The Hall–Kier alpha value is -3.19. The molecule has 0 aliphatic carbocycles. The van der Waals surface area contributed by atoms with Gasteiger partial charge in [0.2, 0.25) is 0 Å². The number of hydrogen-bond acceptors (Lipinski definition) is 2. The smallest absolute Gasteiger partial charge is 0.335 e. The molecule has 106 valence electrons. The Morgan fingerprint density at radius 2 is 1.86 bits per heavy atom. The van der Waals surface area contributed by atoms with Crippen LogP contribution in [0.2, 0.25) is 0 Å². The number of carbonyl (C=O) groups is 1. The minimum Gasteiger partial charge on any atom is -0.478 e. The third kappa shape index (κ3) is 2.29. The number of nitriles is 1. The second-order valence-corrected chi connectivity index (χ2v) is 4.85. The highest BCUT2D eigenvalue weighted by atomic mass is 19.1. The average molecular weight is 291 g/mol. The molecule has 4 heteroatoms. The SMILES string of the molecule is N#Cc1cc(F)ccc1-c1cccc2ccc(C(=O)O)cc12. The van der Waals surface area contributed by atoms with Crippen LogP contribution in [0.5, 0.6) is 0 Å². The molecule has 1 N–H and O–H groups in total. The first-order chi connectivity index (χ1) is 10.6. The van der Waals surface area contributed by atoms with Gasteiger partial charge in [0.05, 0.1) is 17.2 Å². The van der Waals surface area contributed by atoms with E-state index in [4.69, 9.17) is 5.11 Å². The molecule has 0 radical (unpaired) electrons. The summed E-state index contributed by atoms with van der Waals surface area (Å²) in [5.74, 6) is -1.50. The summed E-state index contributed by atoms with van der Waals surface area (Å²) in [7, 11) is 0. The van der Waals surface area contributed by atoms with Gasteiger partial charge in [0.25, 0.3) is 0 Å². The Kier molecular flexibility index (Phi) is 3.32. The lowest BCUT2D eigenvalue weighted by molar-refractivity contribution is 0.0697. The second kappa shape index (κ2) is 5.30. The highest BCUT2D eigenvalue weighted by Crippen LogP contribution is 2.31. The summed E-state index contributed by atoms with van der Waals surface area (Å²) in [5.41, 5.74) is 1.67. The van der Waals surface area contributed by atoms with E-state index in [1.165, 1.54) is 24.3 Å². The summed E-state index contributed by atoms with van der Waals surface area (Å²) in [4.78, 5) is 11.2. The molecule has 0 bridgehead atoms. The molecule has 22 heavy (non-hydrogen) atoms. The predicted molar refractivity (Wildman–Crippen MR) is 81.0 cm³/mol. The standard InChI is InChI=1S/C18H10FNO2/c19-14-6-7-15(13(8-14)10-20)16-3-1-2-11-4-5-12(18(21)22)9-17(11)16/h1-9H,(H,21,22). The Labute approximate surface area is 125 Å². The highest BCUT2D eigenvalue weighted by molar-refractivity contribution is 6.02. The van der Waals surface area contributed by atoms with Gasteiger partial charge in [0, 0.05) is 5.56 Å². The number of aromatic carboxylic acids is 1. The molecule has 0 aliphatic rings. The maximum Gasteiger partial charge on any atom is 0.335 e. The van der Waals surface area contributed by atoms with Crippen molar-refractivity contribution in [3.63, 3.8) is 0 Å². The molecule has 3 aromatic carbocycles. The van der Waals surface area contributed by atoms with Gasteiger partial charge in [0.1, 0.15) is 5.82 Å². The first-order valence-electron chi connectivity index (χ1n) is 6.56. The van der Waals surface area contributed by atoms with Crippen molar-refractivity contribution in [1.82, 2.24) is 0 Å². The Morgan fingerprint density at radius 3 is 2.59 bits per heavy atom. The number of carboxylic acids is 1. The van der Waals surface area contributed by atoms with E-state index in [9.17, 15) is 14.4 Å². The van der Waals surface area contributed by atoms with E-state index in [-0.39, 0.29) is 11.1 Å². The van der Waals surface area contributed by atoms with Gasteiger partial charge in [-0.1, -0.05) is 30.3 Å². The molecule has 0 unspecified atom stereocenters. The van der Waals surface area contributed by atoms with E-state index >= 15 is 0 Å². The van der Waals surface area contributed by atoms with E-state index < -0.39 is 11.8 Å². The van der Waals surface area contributed by atoms with Crippen LogP contribution in [0.4, 0.5) is 4.39 Å². The van der Waals surface area contributed by atoms with Crippen LogP contribution in [0.25, 0.3) is 21.9 Å². The number of benzene rings is 3. The summed E-state index contributed by atoms with van der Waals surface area (Å²) < 4.78 is 13.3. The molecular weight excluding hydrogens is 281 g/mol. The normalized spacial score (nSPS) is 10.4. The summed E-state index contributed by atoms with van der Waals surface area (Å²) in [5, 5.41) is 19.9. The van der Waals surface area contributed by atoms with E-state index in [1.54, 1.807) is 18.2 Å². The first-order valence-corrected chi connectivity index (χ1v) is 6.56. The molecule has 0 atom stereocenters. The van der Waals surface area contributed by atoms with Crippen LogP contribution in [0.3, 0.4) is 0 Å². The van der Waals surface area contributed by atoms with Crippen molar-refractivity contribution >= 4 is 16.7 Å². The third-order valence-corrected chi connectivity index (χ3v) is 3.52. The predicted octanol–water partition coefficient (Wildman–Crippen LogP) is 4.22. The molecule has 0 amide bonds. The van der Waals surface area contributed by atoms with E-state index in [2.05, 4.69) is 0 Å². The van der Waals surface area contributed by atoms with Gasteiger partial charge in [0.15, 0.2) is 0 Å². The van der Waals surface area contributed by atoms with Crippen molar-refractivity contribution in [3.05, 3.63) is 71.5 Å². The number of hydrogen-bond donors (Lipinski definition) is 1. The van der Waals surface area contributed by atoms with Crippen LogP contribution in [-0.2, 0) is 0 Å². The molecular formula is C18H10FNO2. The molecule has 0 aromatic heterocycles. The fraction of sp³-hybridized carbons (Fsp3) is 0.